The third-order valence-electron chi connectivity index (χ3n) is 6.40. The van der Waals surface area contributed by atoms with Gasteiger partial charge >= 0.3 is 0 Å². The van der Waals surface area contributed by atoms with Crippen molar-refractivity contribution in [1.82, 2.24) is 5.32 Å². The van der Waals surface area contributed by atoms with Gasteiger partial charge in [-0.25, -0.2) is 0 Å². The lowest BCUT2D eigenvalue weighted by molar-refractivity contribution is -0.116. The molecule has 2 fully saturated rings. The SMILES string of the molecule is O=C(NC1CC1)c1cc(NC(=O)C(c2ccccc2)c2ccccc2)ccc1N1CCCC1. The fourth-order valence-electron chi connectivity index (χ4n) is 4.52. The zero-order valence-electron chi connectivity index (χ0n) is 18.7. The number of nitrogens with one attached hydrogen (secondary N) is 2. The molecule has 0 radical (unpaired) electrons. The number of anilines is 2. The standard InChI is InChI=1S/C28H29N3O2/c32-27(29-22-13-14-22)24-19-23(15-16-25(24)31-17-7-8-18-31)30-28(33)26(20-9-3-1-4-10-20)21-11-5-2-6-12-21/h1-6,9-12,15-16,19,22,26H,7-8,13-14,17-18H2,(H,29,32)(H,30,33). The largest absolute Gasteiger partial charge is 0.371 e. The molecule has 0 unspecified atom stereocenters. The molecule has 1 saturated carbocycles. The molecule has 1 aliphatic heterocycles. The highest BCUT2D eigenvalue weighted by Crippen LogP contribution is 2.31. The van der Waals surface area contributed by atoms with Crippen molar-refractivity contribution in [3.63, 3.8) is 0 Å². The Morgan fingerprint density at radius 2 is 1.42 bits per heavy atom. The lowest BCUT2D eigenvalue weighted by Gasteiger charge is -2.23. The van der Waals surface area contributed by atoms with E-state index in [4.69, 9.17) is 0 Å². The minimum absolute atomic E-state index is 0.0573. The summed E-state index contributed by atoms with van der Waals surface area (Å²) in [5, 5.41) is 6.19. The van der Waals surface area contributed by atoms with Gasteiger partial charge in [0, 0.05) is 30.5 Å². The highest BCUT2D eigenvalue weighted by Gasteiger charge is 2.28. The van der Waals surface area contributed by atoms with Gasteiger partial charge in [-0.15, -0.1) is 0 Å². The van der Waals surface area contributed by atoms with E-state index in [2.05, 4.69) is 15.5 Å². The Kier molecular flexibility index (Phi) is 6.11. The van der Waals surface area contributed by atoms with E-state index >= 15 is 0 Å². The topological polar surface area (TPSA) is 61.4 Å². The molecular formula is C28H29N3O2. The molecule has 2 aliphatic rings. The number of benzene rings is 3. The summed E-state index contributed by atoms with van der Waals surface area (Å²) in [6.45, 7) is 1.92. The second kappa shape index (κ2) is 9.49. The van der Waals surface area contributed by atoms with E-state index in [0.717, 1.165) is 55.6 Å². The van der Waals surface area contributed by atoms with Gasteiger partial charge in [0.05, 0.1) is 11.5 Å². The van der Waals surface area contributed by atoms with Crippen LogP contribution in [0.15, 0.2) is 78.9 Å². The number of hydrogen-bond acceptors (Lipinski definition) is 3. The predicted molar refractivity (Wildman–Crippen MR) is 132 cm³/mol. The lowest BCUT2D eigenvalue weighted by Crippen LogP contribution is -2.29. The Morgan fingerprint density at radius 1 is 0.818 bits per heavy atom. The molecular weight excluding hydrogens is 410 g/mol. The van der Waals surface area contributed by atoms with Gasteiger partial charge in [0.25, 0.3) is 5.91 Å². The van der Waals surface area contributed by atoms with E-state index in [1.165, 1.54) is 0 Å². The summed E-state index contributed by atoms with van der Waals surface area (Å²) in [4.78, 5) is 28.8. The van der Waals surface area contributed by atoms with Crippen molar-refractivity contribution >= 4 is 23.2 Å². The first kappa shape index (κ1) is 21.3. The van der Waals surface area contributed by atoms with E-state index in [1.54, 1.807) is 0 Å². The van der Waals surface area contributed by atoms with E-state index in [-0.39, 0.29) is 17.9 Å². The molecule has 33 heavy (non-hydrogen) atoms. The van der Waals surface area contributed by atoms with Crippen LogP contribution >= 0.6 is 0 Å². The van der Waals surface area contributed by atoms with Gasteiger partial charge in [-0.1, -0.05) is 60.7 Å². The van der Waals surface area contributed by atoms with E-state index in [0.29, 0.717) is 11.3 Å². The second-order valence-electron chi connectivity index (χ2n) is 8.92. The van der Waals surface area contributed by atoms with Crippen LogP contribution in [0.1, 0.15) is 53.1 Å². The van der Waals surface area contributed by atoms with E-state index in [9.17, 15) is 9.59 Å². The van der Waals surface area contributed by atoms with E-state index < -0.39 is 5.92 Å². The Hall–Kier alpha value is -3.60. The molecule has 3 aromatic rings. The van der Waals surface area contributed by atoms with Crippen LogP contribution in [0.4, 0.5) is 11.4 Å². The first-order valence-corrected chi connectivity index (χ1v) is 11.8. The normalized spacial score (nSPS) is 15.5. The van der Waals surface area contributed by atoms with Gasteiger partial charge in [0.2, 0.25) is 5.91 Å². The monoisotopic (exact) mass is 439 g/mol. The summed E-state index contributed by atoms with van der Waals surface area (Å²) < 4.78 is 0. The summed E-state index contributed by atoms with van der Waals surface area (Å²) >= 11 is 0. The average molecular weight is 440 g/mol. The summed E-state index contributed by atoms with van der Waals surface area (Å²) in [6.07, 6.45) is 4.35. The van der Waals surface area contributed by atoms with Crippen molar-refractivity contribution in [2.75, 3.05) is 23.3 Å². The Bertz CT molecular complexity index is 1080. The fraction of sp³-hybridized carbons (Fsp3) is 0.286. The van der Waals surface area contributed by atoms with Crippen LogP contribution in [0, 0.1) is 0 Å². The molecule has 0 atom stereocenters. The molecule has 1 heterocycles. The molecule has 2 amide bonds. The average Bonchev–Trinajstić information content (AvgIpc) is 3.49. The quantitative estimate of drug-likeness (QED) is 0.548. The van der Waals surface area contributed by atoms with Crippen LogP contribution in [-0.2, 0) is 4.79 Å². The third-order valence-corrected chi connectivity index (χ3v) is 6.40. The van der Waals surface area contributed by atoms with Gasteiger partial charge in [-0.05, 0) is 55.0 Å². The summed E-state index contributed by atoms with van der Waals surface area (Å²) in [5.41, 5.74) is 4.09. The molecule has 2 N–H and O–H groups in total. The highest BCUT2D eigenvalue weighted by atomic mass is 16.2. The minimum atomic E-state index is -0.436. The summed E-state index contributed by atoms with van der Waals surface area (Å²) in [7, 11) is 0. The smallest absolute Gasteiger partial charge is 0.253 e. The van der Waals surface area contributed by atoms with Crippen LogP contribution < -0.4 is 15.5 Å². The second-order valence-corrected chi connectivity index (χ2v) is 8.92. The summed E-state index contributed by atoms with van der Waals surface area (Å²) in [6, 6.07) is 25.6. The molecule has 5 nitrogen and oxygen atoms in total. The molecule has 0 aromatic heterocycles. The molecule has 1 aliphatic carbocycles. The molecule has 3 aromatic carbocycles. The number of carbonyl (C=O) groups excluding carboxylic acids is 2. The number of nitrogens with zero attached hydrogens (tertiary/aromatic N) is 1. The maximum absolute atomic E-state index is 13.5. The number of rotatable bonds is 7. The Balaban J connectivity index is 1.44. The first-order valence-electron chi connectivity index (χ1n) is 11.8. The van der Waals surface area contributed by atoms with Gasteiger partial charge in [0.15, 0.2) is 0 Å². The van der Waals surface area contributed by atoms with Gasteiger partial charge in [-0.3, -0.25) is 9.59 Å². The lowest BCUT2D eigenvalue weighted by atomic mass is 9.90. The Morgan fingerprint density at radius 3 is 2.00 bits per heavy atom. The number of amides is 2. The molecule has 5 heteroatoms. The molecule has 5 rings (SSSR count). The zero-order chi connectivity index (χ0) is 22.6. The van der Waals surface area contributed by atoms with Crippen LogP contribution in [-0.4, -0.2) is 30.9 Å². The Labute approximate surface area is 194 Å². The van der Waals surface area contributed by atoms with Gasteiger partial charge in [0.1, 0.15) is 0 Å². The van der Waals surface area contributed by atoms with Gasteiger partial charge < -0.3 is 15.5 Å². The van der Waals surface area contributed by atoms with Crippen molar-refractivity contribution in [1.29, 1.82) is 0 Å². The van der Waals surface area contributed by atoms with E-state index in [1.807, 2.05) is 78.9 Å². The first-order chi connectivity index (χ1) is 16.2. The van der Waals surface area contributed by atoms with Gasteiger partial charge in [-0.2, -0.15) is 0 Å². The molecule has 1 saturated heterocycles. The van der Waals surface area contributed by atoms with Crippen molar-refractivity contribution in [3.8, 4) is 0 Å². The molecule has 0 bridgehead atoms. The van der Waals surface area contributed by atoms with Crippen LogP contribution in [0.25, 0.3) is 0 Å². The minimum Gasteiger partial charge on any atom is -0.371 e. The number of carbonyl (C=O) groups is 2. The van der Waals surface area contributed by atoms with Crippen LogP contribution in [0.3, 0.4) is 0 Å². The predicted octanol–water partition coefficient (Wildman–Crippen LogP) is 4.95. The molecule has 0 spiro atoms. The van der Waals surface area contributed by atoms with Crippen molar-refractivity contribution in [2.45, 2.75) is 37.6 Å². The van der Waals surface area contributed by atoms with Crippen LogP contribution in [0.5, 0.6) is 0 Å². The maximum Gasteiger partial charge on any atom is 0.253 e. The van der Waals surface area contributed by atoms with Crippen LogP contribution in [0.2, 0.25) is 0 Å². The summed E-state index contributed by atoms with van der Waals surface area (Å²) in [5.74, 6) is -0.609. The number of hydrogen-bond donors (Lipinski definition) is 2. The zero-order valence-corrected chi connectivity index (χ0v) is 18.7. The third kappa shape index (κ3) is 4.92. The van der Waals surface area contributed by atoms with Crippen molar-refractivity contribution < 1.29 is 9.59 Å². The van der Waals surface area contributed by atoms with Crippen molar-refractivity contribution in [2.24, 2.45) is 0 Å². The molecule has 168 valence electrons. The maximum atomic E-state index is 13.5. The van der Waals surface area contributed by atoms with Crippen molar-refractivity contribution in [3.05, 3.63) is 95.6 Å². The highest BCUT2D eigenvalue weighted by molar-refractivity contribution is 6.03. The fourth-order valence-corrected chi connectivity index (χ4v) is 4.52.